The zero-order valence-corrected chi connectivity index (χ0v) is 30.3. The number of nitrogens with one attached hydrogen (secondary N) is 2. The van der Waals surface area contributed by atoms with Crippen molar-refractivity contribution in [3.8, 4) is 11.1 Å². The van der Waals surface area contributed by atoms with Gasteiger partial charge in [0.2, 0.25) is 17.7 Å². The molecule has 4 atom stereocenters. The monoisotopic (exact) mass is 740 g/mol. The lowest BCUT2D eigenvalue weighted by atomic mass is 9.95. The standard InChI is InChI=1S/C37H41BrN8O4/c1-20-11-29(38)42-30(12-20)43-36(50)28-15-37-19-41-31(48)10-8-6-5-7-9-24-13-25(26-16-39-23(4)40-17-26)14-27-33(22(3)47)44-45(34(24)27)18-32(49)46(28)35(37)21(37)2/h11-14,16-17,21,28,35H,5-10,15,18-19H2,1-4H3,(H,41,48)(H,42,43,50)/t21-,28-,35+,37+/m0/s1. The first kappa shape index (κ1) is 34.0. The van der Waals surface area contributed by atoms with Crippen molar-refractivity contribution >= 4 is 56.2 Å². The molecular weight excluding hydrogens is 700 g/mol. The Morgan fingerprint density at radius 1 is 1.00 bits per heavy atom. The third-order valence-corrected chi connectivity index (χ3v) is 11.1. The Hall–Kier alpha value is -4.52. The number of pyridine rings is 1. The lowest BCUT2D eigenvalue weighted by molar-refractivity contribution is -0.139. The Kier molecular flexibility index (Phi) is 9.04. The van der Waals surface area contributed by atoms with E-state index >= 15 is 0 Å². The number of carbonyl (C=O) groups excluding carboxylic acids is 4. The molecule has 1 saturated heterocycles. The van der Waals surface area contributed by atoms with Crippen molar-refractivity contribution in [2.24, 2.45) is 11.3 Å². The average Bonchev–Trinajstić information content (AvgIpc) is 3.33. The molecule has 2 bridgehead atoms. The van der Waals surface area contributed by atoms with E-state index in [1.165, 1.54) is 6.92 Å². The molecule has 1 aliphatic carbocycles. The first-order valence-electron chi connectivity index (χ1n) is 17.3. The second-order valence-corrected chi connectivity index (χ2v) is 14.9. The lowest BCUT2D eigenvalue weighted by Gasteiger charge is -2.28. The Balaban J connectivity index is 1.30. The maximum absolute atomic E-state index is 14.6. The van der Waals surface area contributed by atoms with Crippen LogP contribution in [-0.4, -0.2) is 71.8 Å². The summed E-state index contributed by atoms with van der Waals surface area (Å²) >= 11 is 3.40. The zero-order chi connectivity index (χ0) is 35.3. The first-order valence-corrected chi connectivity index (χ1v) is 18.1. The van der Waals surface area contributed by atoms with Gasteiger partial charge < -0.3 is 15.5 Å². The Morgan fingerprint density at radius 3 is 2.46 bits per heavy atom. The zero-order valence-electron chi connectivity index (χ0n) is 28.8. The second kappa shape index (κ2) is 13.3. The highest BCUT2D eigenvalue weighted by Gasteiger charge is 2.72. The van der Waals surface area contributed by atoms with Crippen LogP contribution in [-0.2, 0) is 27.3 Å². The topological polar surface area (TPSA) is 152 Å². The Labute approximate surface area is 299 Å². The van der Waals surface area contributed by atoms with E-state index in [-0.39, 0.29) is 42.0 Å². The highest BCUT2D eigenvalue weighted by Crippen LogP contribution is 2.64. The van der Waals surface area contributed by atoms with E-state index in [4.69, 9.17) is 5.10 Å². The highest BCUT2D eigenvalue weighted by atomic mass is 79.9. The fourth-order valence-corrected chi connectivity index (χ4v) is 8.68. The van der Waals surface area contributed by atoms with E-state index in [0.29, 0.717) is 53.1 Å². The number of aryl methyl sites for hydroxylation is 3. The molecular formula is C37H41BrN8O4. The Morgan fingerprint density at radius 2 is 1.74 bits per heavy atom. The molecule has 13 heteroatoms. The van der Waals surface area contributed by atoms with Gasteiger partial charge in [0, 0.05) is 54.7 Å². The van der Waals surface area contributed by atoms with Crippen LogP contribution in [0.1, 0.15) is 79.8 Å². The molecule has 5 heterocycles. The van der Waals surface area contributed by atoms with Crippen LogP contribution in [0.25, 0.3) is 22.0 Å². The summed E-state index contributed by atoms with van der Waals surface area (Å²) in [5.41, 5.74) is 4.19. The van der Waals surface area contributed by atoms with Gasteiger partial charge in [0.1, 0.15) is 34.5 Å². The molecule has 0 unspecified atom stereocenters. The number of carbonyl (C=O) groups is 4. The van der Waals surface area contributed by atoms with Gasteiger partial charge in [-0.2, -0.15) is 5.10 Å². The van der Waals surface area contributed by atoms with E-state index in [0.717, 1.165) is 53.5 Å². The molecule has 7 rings (SSSR count). The van der Waals surface area contributed by atoms with E-state index in [1.54, 1.807) is 28.0 Å². The van der Waals surface area contributed by atoms with Crippen LogP contribution in [0.2, 0.25) is 0 Å². The number of piperidine rings is 1. The van der Waals surface area contributed by atoms with Crippen LogP contribution in [0.5, 0.6) is 0 Å². The maximum Gasteiger partial charge on any atom is 0.248 e. The first-order chi connectivity index (χ1) is 23.9. The molecule has 4 aromatic rings. The molecule has 2 N–H and O–H groups in total. The average molecular weight is 742 g/mol. The van der Waals surface area contributed by atoms with E-state index in [1.807, 2.05) is 26.0 Å². The summed E-state index contributed by atoms with van der Waals surface area (Å²) in [4.78, 5) is 69.4. The van der Waals surface area contributed by atoms with Crippen molar-refractivity contribution in [1.29, 1.82) is 0 Å². The summed E-state index contributed by atoms with van der Waals surface area (Å²) < 4.78 is 2.25. The molecule has 2 aliphatic heterocycles. The summed E-state index contributed by atoms with van der Waals surface area (Å²) in [6, 6.07) is 6.64. The van der Waals surface area contributed by atoms with Gasteiger partial charge in [0.15, 0.2) is 5.78 Å². The molecule has 0 radical (unpaired) electrons. The van der Waals surface area contributed by atoms with Gasteiger partial charge >= 0.3 is 0 Å². The fourth-order valence-electron chi connectivity index (χ4n) is 8.13. The van der Waals surface area contributed by atoms with Crippen molar-refractivity contribution in [3.05, 3.63) is 63.9 Å². The lowest BCUT2D eigenvalue weighted by Crippen LogP contribution is -2.47. The molecule has 50 heavy (non-hydrogen) atoms. The van der Waals surface area contributed by atoms with Gasteiger partial charge in [-0.3, -0.25) is 23.9 Å². The third kappa shape index (κ3) is 6.31. The van der Waals surface area contributed by atoms with Gasteiger partial charge in [-0.15, -0.1) is 0 Å². The van der Waals surface area contributed by atoms with Gasteiger partial charge in [-0.25, -0.2) is 15.0 Å². The number of amides is 3. The number of aromatic nitrogens is 5. The van der Waals surface area contributed by atoms with E-state index < -0.39 is 11.5 Å². The molecule has 260 valence electrons. The summed E-state index contributed by atoms with van der Waals surface area (Å²) in [5.74, 6) is 0.329. The molecule has 3 aromatic heterocycles. The molecule has 0 spiro atoms. The summed E-state index contributed by atoms with van der Waals surface area (Å²) in [5, 5.41) is 11.5. The number of rotatable bonds is 4. The van der Waals surface area contributed by atoms with Gasteiger partial charge in [-0.05, 0) is 102 Å². The number of Topliss-reactive ketones (excluding diaryl/α,β-unsaturated/α-hetero) is 1. The van der Waals surface area contributed by atoms with Crippen molar-refractivity contribution in [2.45, 2.75) is 91.3 Å². The molecule has 3 amide bonds. The number of benzene rings is 1. The van der Waals surface area contributed by atoms with E-state index in [2.05, 4.69) is 54.5 Å². The van der Waals surface area contributed by atoms with Crippen LogP contribution in [0.3, 0.4) is 0 Å². The Bertz CT molecular complexity index is 2010. The normalized spacial score (nSPS) is 24.0. The fraction of sp³-hybridized carbons (Fsp3) is 0.459. The van der Waals surface area contributed by atoms with Crippen LogP contribution >= 0.6 is 15.9 Å². The summed E-state index contributed by atoms with van der Waals surface area (Å²) in [7, 11) is 0. The second-order valence-electron chi connectivity index (χ2n) is 14.1. The predicted octanol–water partition coefficient (Wildman–Crippen LogP) is 5.34. The van der Waals surface area contributed by atoms with Gasteiger partial charge in [0.25, 0.3) is 0 Å². The van der Waals surface area contributed by atoms with Crippen molar-refractivity contribution in [3.63, 3.8) is 0 Å². The minimum Gasteiger partial charge on any atom is -0.355 e. The van der Waals surface area contributed by atoms with Gasteiger partial charge in [-0.1, -0.05) is 19.8 Å². The highest BCUT2D eigenvalue weighted by molar-refractivity contribution is 9.10. The number of halogens is 1. The van der Waals surface area contributed by atoms with Crippen LogP contribution < -0.4 is 10.6 Å². The molecule has 3 aliphatic rings. The maximum atomic E-state index is 14.6. The van der Waals surface area contributed by atoms with Crippen LogP contribution in [0.15, 0.2) is 41.3 Å². The van der Waals surface area contributed by atoms with Crippen molar-refractivity contribution < 1.29 is 19.2 Å². The molecule has 1 aromatic carbocycles. The van der Waals surface area contributed by atoms with E-state index in [9.17, 15) is 19.2 Å². The number of hydrogen-bond donors (Lipinski definition) is 2. The number of nitrogens with zero attached hydrogens (tertiary/aromatic N) is 6. The minimum absolute atomic E-state index is 0.00671. The SMILES string of the molecule is CC(=O)c1nn2c3c(cc(-c4cnc(C)nc4)cc13)CCCCCCC(=O)NC[C@@]13C[C@@H](C(=O)Nc4cc(C)cc(Br)n4)N(C(=O)C2)[C@@H]1[C@@H]3C. The molecule has 12 nitrogen and oxygen atoms in total. The van der Waals surface area contributed by atoms with Gasteiger partial charge in [0.05, 0.1) is 5.52 Å². The molecule has 1 saturated carbocycles. The predicted molar refractivity (Wildman–Crippen MR) is 191 cm³/mol. The smallest absolute Gasteiger partial charge is 0.248 e. The van der Waals surface area contributed by atoms with Crippen LogP contribution in [0, 0.1) is 25.2 Å². The van der Waals surface area contributed by atoms with Crippen LogP contribution in [0.4, 0.5) is 5.82 Å². The van der Waals surface area contributed by atoms with Crippen molar-refractivity contribution in [1.82, 2.24) is 34.9 Å². The number of anilines is 1. The third-order valence-electron chi connectivity index (χ3n) is 10.7. The number of ketones is 1. The largest absolute Gasteiger partial charge is 0.355 e. The summed E-state index contributed by atoms with van der Waals surface area (Å²) in [6.07, 6.45) is 8.54. The molecule has 2 fully saturated rings. The minimum atomic E-state index is -0.776. The van der Waals surface area contributed by atoms with Crippen molar-refractivity contribution in [2.75, 3.05) is 11.9 Å². The number of hydrogen-bond acceptors (Lipinski definition) is 8. The summed E-state index contributed by atoms with van der Waals surface area (Å²) in [6.45, 7) is 7.56. The quantitative estimate of drug-likeness (QED) is 0.210.